The molecule has 0 saturated heterocycles. The van der Waals surface area contributed by atoms with Crippen molar-refractivity contribution in [2.24, 2.45) is 14.1 Å². The van der Waals surface area contributed by atoms with E-state index in [0.717, 1.165) is 16.7 Å². The molecule has 3 rings (SSSR count). The molecule has 9 heteroatoms. The number of para-hydroxylation sites is 1. The first-order valence-electron chi connectivity index (χ1n) is 9.58. The van der Waals surface area contributed by atoms with Gasteiger partial charge in [-0.15, -0.1) is 0 Å². The number of aliphatic hydroxyl groups is 1. The minimum absolute atomic E-state index is 0.107. The van der Waals surface area contributed by atoms with E-state index in [9.17, 15) is 14.7 Å². The normalized spacial score (nSPS) is 13.5. The van der Waals surface area contributed by atoms with Gasteiger partial charge in [-0.1, -0.05) is 18.2 Å². The van der Waals surface area contributed by atoms with Crippen LogP contribution in [0.5, 0.6) is 5.75 Å². The lowest BCUT2D eigenvalue weighted by atomic mass is 10.2. The summed E-state index contributed by atoms with van der Waals surface area (Å²) in [5, 5.41) is 13.4. The van der Waals surface area contributed by atoms with Crippen LogP contribution in [0.25, 0.3) is 11.2 Å². The van der Waals surface area contributed by atoms with Gasteiger partial charge in [0.15, 0.2) is 11.2 Å². The number of aliphatic hydroxyl groups excluding tert-OH is 1. The third kappa shape index (κ3) is 4.75. The van der Waals surface area contributed by atoms with Crippen molar-refractivity contribution >= 4 is 11.2 Å². The number of nitrogens with one attached hydrogen (secondary N) is 1. The summed E-state index contributed by atoms with van der Waals surface area (Å²) in [6.07, 6.45) is 1.68. The molecule has 0 aliphatic rings. The molecule has 0 amide bonds. The second kappa shape index (κ2) is 9.06. The van der Waals surface area contributed by atoms with Crippen LogP contribution in [-0.2, 0) is 20.6 Å². The standard InChI is InChI=1S/C20H27N5O4/c1-14(21-11-15(26)12-29-16-7-5-4-6-8-16)9-10-25-13-22-18-17(25)19(27)24(3)20(28)23(18)2/h4-8,13-15,21,26H,9-12H2,1-3H3. The van der Waals surface area contributed by atoms with E-state index in [-0.39, 0.29) is 18.2 Å². The molecule has 0 spiro atoms. The summed E-state index contributed by atoms with van der Waals surface area (Å²) in [7, 11) is 3.06. The number of nitrogens with zero attached hydrogens (tertiary/aromatic N) is 4. The molecule has 2 N–H and O–H groups in total. The molecule has 156 valence electrons. The molecule has 2 unspecified atom stereocenters. The highest BCUT2D eigenvalue weighted by atomic mass is 16.5. The molecule has 0 fully saturated rings. The van der Waals surface area contributed by atoms with Crippen molar-refractivity contribution in [3.8, 4) is 5.75 Å². The van der Waals surface area contributed by atoms with Gasteiger partial charge in [0.1, 0.15) is 18.5 Å². The molecule has 2 atom stereocenters. The summed E-state index contributed by atoms with van der Waals surface area (Å²) in [4.78, 5) is 28.7. The molecule has 0 saturated carbocycles. The number of hydrogen-bond donors (Lipinski definition) is 2. The fourth-order valence-corrected chi connectivity index (χ4v) is 3.11. The SMILES string of the molecule is CC(CCn1cnc2c1c(=O)n(C)c(=O)n2C)NCC(O)COc1ccccc1. The van der Waals surface area contributed by atoms with E-state index in [1.807, 2.05) is 37.3 Å². The van der Waals surface area contributed by atoms with Crippen LogP contribution < -0.4 is 21.3 Å². The number of aromatic nitrogens is 4. The zero-order valence-corrected chi connectivity index (χ0v) is 16.9. The van der Waals surface area contributed by atoms with Gasteiger partial charge in [-0.3, -0.25) is 13.9 Å². The number of rotatable bonds is 9. The summed E-state index contributed by atoms with van der Waals surface area (Å²) in [6.45, 7) is 3.18. The highest BCUT2D eigenvalue weighted by Gasteiger charge is 2.15. The minimum Gasteiger partial charge on any atom is -0.491 e. The number of imidazole rings is 1. The maximum absolute atomic E-state index is 12.5. The Bertz CT molecular complexity index is 1070. The first kappa shape index (κ1) is 20.8. The van der Waals surface area contributed by atoms with Crippen molar-refractivity contribution in [3.63, 3.8) is 0 Å². The van der Waals surface area contributed by atoms with Crippen molar-refractivity contribution in [2.75, 3.05) is 13.2 Å². The van der Waals surface area contributed by atoms with Gasteiger partial charge < -0.3 is 19.7 Å². The van der Waals surface area contributed by atoms with Crippen LogP contribution >= 0.6 is 0 Å². The largest absolute Gasteiger partial charge is 0.491 e. The molecule has 3 aromatic rings. The summed E-state index contributed by atoms with van der Waals surface area (Å²) in [6, 6.07) is 9.47. The number of aryl methyl sites for hydroxylation is 2. The van der Waals surface area contributed by atoms with E-state index in [2.05, 4.69) is 10.3 Å². The fraction of sp³-hybridized carbons (Fsp3) is 0.450. The van der Waals surface area contributed by atoms with E-state index < -0.39 is 11.8 Å². The number of hydrogen-bond acceptors (Lipinski definition) is 6. The molecule has 2 heterocycles. The zero-order chi connectivity index (χ0) is 21.0. The topological polar surface area (TPSA) is 103 Å². The molecule has 0 bridgehead atoms. The van der Waals surface area contributed by atoms with E-state index in [1.165, 1.54) is 11.6 Å². The third-order valence-electron chi connectivity index (χ3n) is 4.91. The first-order valence-corrected chi connectivity index (χ1v) is 9.58. The molecule has 0 aliphatic carbocycles. The van der Waals surface area contributed by atoms with Crippen molar-refractivity contribution in [3.05, 3.63) is 57.5 Å². The van der Waals surface area contributed by atoms with E-state index in [0.29, 0.717) is 24.3 Å². The van der Waals surface area contributed by atoms with Crippen LogP contribution in [0.4, 0.5) is 0 Å². The van der Waals surface area contributed by atoms with E-state index in [4.69, 9.17) is 4.74 Å². The predicted octanol–water partition coefficient (Wildman–Crippen LogP) is 0.242. The molecule has 2 aromatic heterocycles. The average molecular weight is 401 g/mol. The van der Waals surface area contributed by atoms with Crippen molar-refractivity contribution < 1.29 is 9.84 Å². The van der Waals surface area contributed by atoms with Crippen LogP contribution in [-0.4, -0.2) is 49.1 Å². The Morgan fingerprint density at radius 2 is 1.90 bits per heavy atom. The molecule has 0 aliphatic heterocycles. The molecule has 0 radical (unpaired) electrons. The van der Waals surface area contributed by atoms with E-state index in [1.54, 1.807) is 17.9 Å². The van der Waals surface area contributed by atoms with Gasteiger partial charge in [-0.05, 0) is 25.5 Å². The Kier molecular flexibility index (Phi) is 6.50. The quantitative estimate of drug-likeness (QED) is 0.533. The number of benzene rings is 1. The fourth-order valence-electron chi connectivity index (χ4n) is 3.11. The van der Waals surface area contributed by atoms with Crippen molar-refractivity contribution in [1.29, 1.82) is 0 Å². The highest BCUT2D eigenvalue weighted by Crippen LogP contribution is 2.09. The van der Waals surface area contributed by atoms with Crippen molar-refractivity contribution in [2.45, 2.75) is 32.0 Å². The summed E-state index contributed by atoms with van der Waals surface area (Å²) in [5.74, 6) is 0.725. The minimum atomic E-state index is -0.631. The van der Waals surface area contributed by atoms with Crippen LogP contribution in [0, 0.1) is 0 Å². The third-order valence-corrected chi connectivity index (χ3v) is 4.91. The van der Waals surface area contributed by atoms with Gasteiger partial charge in [-0.2, -0.15) is 0 Å². The highest BCUT2D eigenvalue weighted by molar-refractivity contribution is 5.69. The van der Waals surface area contributed by atoms with Gasteiger partial charge in [-0.25, -0.2) is 9.78 Å². The summed E-state index contributed by atoms with van der Waals surface area (Å²) < 4.78 is 9.77. The van der Waals surface area contributed by atoms with Gasteiger partial charge in [0.25, 0.3) is 5.56 Å². The Morgan fingerprint density at radius 1 is 1.17 bits per heavy atom. The summed E-state index contributed by atoms with van der Waals surface area (Å²) >= 11 is 0. The predicted molar refractivity (Wildman–Crippen MR) is 110 cm³/mol. The first-order chi connectivity index (χ1) is 13.9. The van der Waals surface area contributed by atoms with Crippen LogP contribution in [0.3, 0.4) is 0 Å². The van der Waals surface area contributed by atoms with Gasteiger partial charge in [0.2, 0.25) is 0 Å². The second-order valence-corrected chi connectivity index (χ2v) is 7.19. The molecular formula is C20H27N5O4. The monoisotopic (exact) mass is 401 g/mol. The maximum atomic E-state index is 12.5. The van der Waals surface area contributed by atoms with Gasteiger partial charge in [0, 0.05) is 33.2 Å². The van der Waals surface area contributed by atoms with Gasteiger partial charge in [0.05, 0.1) is 6.33 Å². The van der Waals surface area contributed by atoms with E-state index >= 15 is 0 Å². The second-order valence-electron chi connectivity index (χ2n) is 7.19. The molecule has 9 nitrogen and oxygen atoms in total. The zero-order valence-electron chi connectivity index (χ0n) is 16.9. The Balaban J connectivity index is 1.52. The lowest BCUT2D eigenvalue weighted by Gasteiger charge is -2.18. The molecule has 1 aromatic carbocycles. The summed E-state index contributed by atoms with van der Waals surface area (Å²) in [5.41, 5.74) is 0.0504. The van der Waals surface area contributed by atoms with Crippen LogP contribution in [0.15, 0.2) is 46.2 Å². The van der Waals surface area contributed by atoms with Crippen LogP contribution in [0.2, 0.25) is 0 Å². The number of fused-ring (bicyclic) bond motifs is 1. The van der Waals surface area contributed by atoms with Gasteiger partial charge >= 0.3 is 5.69 Å². The smallest absolute Gasteiger partial charge is 0.332 e. The molecular weight excluding hydrogens is 374 g/mol. The Hall–Kier alpha value is -2.91. The average Bonchev–Trinajstić information content (AvgIpc) is 3.16. The number of ether oxygens (including phenoxy) is 1. The Morgan fingerprint density at radius 3 is 2.62 bits per heavy atom. The Labute approximate surface area is 168 Å². The lowest BCUT2D eigenvalue weighted by molar-refractivity contribution is 0.103. The maximum Gasteiger partial charge on any atom is 0.332 e. The van der Waals surface area contributed by atoms with Crippen molar-refractivity contribution in [1.82, 2.24) is 24.0 Å². The lowest BCUT2D eigenvalue weighted by Crippen LogP contribution is -2.38. The van der Waals surface area contributed by atoms with Crippen LogP contribution in [0.1, 0.15) is 13.3 Å². The molecule has 29 heavy (non-hydrogen) atoms.